The minimum absolute atomic E-state index is 0.175. The lowest BCUT2D eigenvalue weighted by atomic mass is 10.0. The molecule has 1 radical (unpaired) electrons. The van der Waals surface area contributed by atoms with E-state index in [1.54, 1.807) is 6.07 Å². The van der Waals surface area contributed by atoms with Crippen molar-refractivity contribution in [3.05, 3.63) is 48.0 Å². The van der Waals surface area contributed by atoms with Gasteiger partial charge in [-0.3, -0.25) is 4.79 Å². The van der Waals surface area contributed by atoms with Gasteiger partial charge in [0.15, 0.2) is 6.73 Å². The van der Waals surface area contributed by atoms with E-state index in [0.29, 0.717) is 5.56 Å². The van der Waals surface area contributed by atoms with Crippen molar-refractivity contribution in [3.63, 3.8) is 0 Å². The summed E-state index contributed by atoms with van der Waals surface area (Å²) < 4.78 is 4.30. The van der Waals surface area contributed by atoms with E-state index in [4.69, 9.17) is 0 Å². The molecule has 2 aromatic carbocycles. The fourth-order valence-corrected chi connectivity index (χ4v) is 1.65. The average Bonchev–Trinajstić information content (AvgIpc) is 2.38. The van der Waals surface area contributed by atoms with Crippen LogP contribution in [0.4, 0.5) is 0 Å². The molecule has 0 saturated carbocycles. The molecular weight excluding hydrogens is 218 g/mol. The van der Waals surface area contributed by atoms with Gasteiger partial charge < -0.3 is 10.1 Å². The molecule has 0 aromatic heterocycles. The third-order valence-electron chi connectivity index (χ3n) is 2.40. The Bertz CT molecular complexity index is 546. The monoisotopic (exact) mass is 228 g/mol. The Hall–Kier alpha value is -2.36. The standard InChI is InChI=1S/C13H10NO3/c15-9-17-8-14-13(16)12-7-3-5-10-4-1-2-6-11(10)12/h1-7H,8H2,(H,14,16). The van der Waals surface area contributed by atoms with Crippen molar-refractivity contribution in [1.29, 1.82) is 0 Å². The van der Waals surface area contributed by atoms with Crippen molar-refractivity contribution in [2.75, 3.05) is 6.73 Å². The number of carbonyl (C=O) groups is 1. The first-order valence-corrected chi connectivity index (χ1v) is 5.08. The van der Waals surface area contributed by atoms with Gasteiger partial charge in [0, 0.05) is 5.56 Å². The lowest BCUT2D eigenvalue weighted by molar-refractivity contribution is 0.0915. The zero-order valence-corrected chi connectivity index (χ0v) is 8.97. The van der Waals surface area contributed by atoms with E-state index < -0.39 is 0 Å². The second kappa shape index (κ2) is 5.12. The molecule has 85 valence electrons. The highest BCUT2D eigenvalue weighted by Crippen LogP contribution is 2.18. The molecule has 0 bridgehead atoms. The summed E-state index contributed by atoms with van der Waals surface area (Å²) in [5.41, 5.74) is 0.553. The summed E-state index contributed by atoms with van der Waals surface area (Å²) in [4.78, 5) is 21.6. The molecule has 0 aliphatic rings. The average molecular weight is 228 g/mol. The first-order chi connectivity index (χ1) is 8.33. The van der Waals surface area contributed by atoms with Crippen molar-refractivity contribution >= 4 is 23.2 Å². The van der Waals surface area contributed by atoms with Crippen molar-refractivity contribution in [3.8, 4) is 0 Å². The number of nitrogens with one attached hydrogen (secondary N) is 1. The van der Waals surface area contributed by atoms with Gasteiger partial charge in [-0.15, -0.1) is 0 Å². The van der Waals surface area contributed by atoms with E-state index in [1.807, 2.05) is 36.4 Å². The Labute approximate surface area is 98.2 Å². The third kappa shape index (κ3) is 2.42. The van der Waals surface area contributed by atoms with Crippen LogP contribution in [0.3, 0.4) is 0 Å². The Morgan fingerprint density at radius 3 is 2.76 bits per heavy atom. The Balaban J connectivity index is 2.28. The lowest BCUT2D eigenvalue weighted by Crippen LogP contribution is -2.25. The van der Waals surface area contributed by atoms with Crippen LogP contribution in [0.5, 0.6) is 0 Å². The molecule has 0 atom stereocenters. The first kappa shape index (κ1) is 11.1. The van der Waals surface area contributed by atoms with Gasteiger partial charge in [-0.25, -0.2) is 4.79 Å². The summed E-state index contributed by atoms with van der Waals surface area (Å²) >= 11 is 0. The third-order valence-corrected chi connectivity index (χ3v) is 2.40. The van der Waals surface area contributed by atoms with Crippen molar-refractivity contribution < 1.29 is 14.3 Å². The smallest absolute Gasteiger partial charge is 0.419 e. The molecule has 1 N–H and O–H groups in total. The minimum atomic E-state index is -0.281. The topological polar surface area (TPSA) is 55.4 Å². The van der Waals surface area contributed by atoms with Crippen molar-refractivity contribution in [2.24, 2.45) is 0 Å². The highest BCUT2D eigenvalue weighted by Gasteiger charge is 2.08. The van der Waals surface area contributed by atoms with Crippen molar-refractivity contribution in [2.45, 2.75) is 0 Å². The van der Waals surface area contributed by atoms with E-state index >= 15 is 0 Å². The van der Waals surface area contributed by atoms with Crippen LogP contribution >= 0.6 is 0 Å². The molecule has 2 aromatic rings. The second-order valence-electron chi connectivity index (χ2n) is 3.40. The Morgan fingerprint density at radius 2 is 1.94 bits per heavy atom. The second-order valence-corrected chi connectivity index (χ2v) is 3.40. The summed E-state index contributed by atoms with van der Waals surface area (Å²) in [6, 6.07) is 13.1. The quantitative estimate of drug-likeness (QED) is 0.639. The van der Waals surface area contributed by atoms with Crippen LogP contribution in [-0.2, 0) is 9.53 Å². The van der Waals surface area contributed by atoms with E-state index in [-0.39, 0.29) is 12.6 Å². The van der Waals surface area contributed by atoms with Crippen molar-refractivity contribution in [1.82, 2.24) is 5.32 Å². The van der Waals surface area contributed by atoms with Gasteiger partial charge in [0.2, 0.25) is 0 Å². The molecule has 0 fully saturated rings. The molecule has 17 heavy (non-hydrogen) atoms. The SMILES string of the molecule is O=[C]OCNC(=O)c1cccc2ccccc12. The maximum atomic E-state index is 11.8. The minimum Gasteiger partial charge on any atom is -0.436 e. The number of hydrogen-bond acceptors (Lipinski definition) is 3. The number of carbonyl (C=O) groups excluding carboxylic acids is 2. The molecule has 0 aliphatic carbocycles. The van der Waals surface area contributed by atoms with Crippen LogP contribution in [0, 0.1) is 0 Å². The maximum absolute atomic E-state index is 11.8. The maximum Gasteiger partial charge on any atom is 0.419 e. The number of ether oxygens (including phenoxy) is 1. The Kier molecular flexibility index (Phi) is 3.35. The van der Waals surface area contributed by atoms with Crippen LogP contribution in [0.15, 0.2) is 42.5 Å². The van der Waals surface area contributed by atoms with Gasteiger partial charge in [0.05, 0.1) is 0 Å². The fraction of sp³-hybridized carbons (Fsp3) is 0.0769. The summed E-state index contributed by atoms with van der Waals surface area (Å²) in [6.45, 7) is 1.07. The molecular formula is C13H10NO3. The van der Waals surface area contributed by atoms with Gasteiger partial charge in [-0.1, -0.05) is 36.4 Å². The highest BCUT2D eigenvalue weighted by molar-refractivity contribution is 6.06. The highest BCUT2D eigenvalue weighted by atomic mass is 16.5. The fourth-order valence-electron chi connectivity index (χ4n) is 1.65. The number of amides is 1. The normalized spacial score (nSPS) is 9.88. The van der Waals surface area contributed by atoms with Gasteiger partial charge in [0.1, 0.15) is 0 Å². The van der Waals surface area contributed by atoms with Gasteiger partial charge in [0.25, 0.3) is 5.91 Å². The van der Waals surface area contributed by atoms with E-state index in [2.05, 4.69) is 10.1 Å². The van der Waals surface area contributed by atoms with E-state index in [9.17, 15) is 9.59 Å². The summed E-state index contributed by atoms with van der Waals surface area (Å²) in [5, 5.41) is 4.32. The molecule has 0 aliphatic heterocycles. The summed E-state index contributed by atoms with van der Waals surface area (Å²) in [7, 11) is 0. The zero-order valence-electron chi connectivity index (χ0n) is 8.97. The zero-order chi connectivity index (χ0) is 12.1. The van der Waals surface area contributed by atoms with Crippen LogP contribution in [-0.4, -0.2) is 19.1 Å². The van der Waals surface area contributed by atoms with Gasteiger partial charge in [-0.05, 0) is 16.8 Å². The molecule has 2 rings (SSSR count). The number of hydrogen-bond donors (Lipinski definition) is 1. The molecule has 0 saturated heterocycles. The van der Waals surface area contributed by atoms with E-state index in [1.165, 1.54) is 6.47 Å². The van der Waals surface area contributed by atoms with Crippen LogP contribution < -0.4 is 5.32 Å². The van der Waals surface area contributed by atoms with Gasteiger partial charge >= 0.3 is 6.47 Å². The Morgan fingerprint density at radius 1 is 1.18 bits per heavy atom. The predicted molar refractivity (Wildman–Crippen MR) is 63.1 cm³/mol. The van der Waals surface area contributed by atoms with Crippen LogP contribution in [0.25, 0.3) is 10.8 Å². The number of benzene rings is 2. The molecule has 1 amide bonds. The van der Waals surface area contributed by atoms with E-state index in [0.717, 1.165) is 10.8 Å². The summed E-state index contributed by atoms with van der Waals surface area (Å²) in [5.74, 6) is -0.281. The molecule has 4 nitrogen and oxygen atoms in total. The summed E-state index contributed by atoms with van der Waals surface area (Å²) in [6.07, 6.45) is 0. The lowest BCUT2D eigenvalue weighted by Gasteiger charge is -2.06. The predicted octanol–water partition coefficient (Wildman–Crippen LogP) is 1.61. The molecule has 0 spiro atoms. The number of fused-ring (bicyclic) bond motifs is 1. The van der Waals surface area contributed by atoms with Crippen LogP contribution in [0.1, 0.15) is 10.4 Å². The first-order valence-electron chi connectivity index (χ1n) is 5.08. The number of rotatable bonds is 4. The largest absolute Gasteiger partial charge is 0.436 e. The molecule has 0 unspecified atom stereocenters. The van der Waals surface area contributed by atoms with Crippen LogP contribution in [0.2, 0.25) is 0 Å². The van der Waals surface area contributed by atoms with Gasteiger partial charge in [-0.2, -0.15) is 0 Å². The molecule has 0 heterocycles. The molecule has 4 heteroatoms.